The molecule has 2 atom stereocenters. The van der Waals surface area contributed by atoms with E-state index in [-0.39, 0.29) is 12.0 Å². The van der Waals surface area contributed by atoms with E-state index in [9.17, 15) is 0 Å². The Morgan fingerprint density at radius 3 is 2.70 bits per heavy atom. The second kappa shape index (κ2) is 8.71. The first-order valence-electron chi connectivity index (χ1n) is 13.3. The summed E-state index contributed by atoms with van der Waals surface area (Å²) in [6.07, 6.45) is 25.6. The van der Waals surface area contributed by atoms with Crippen LogP contribution < -0.4 is 0 Å². The molecule has 3 aliphatic carbocycles. The van der Waals surface area contributed by atoms with Crippen LogP contribution in [0.25, 0.3) is 22.7 Å². The quantitative estimate of drug-likeness (QED) is 0.346. The monoisotopic (exact) mass is 479 g/mol. The summed E-state index contributed by atoms with van der Waals surface area (Å²) in [6.45, 7) is 2.09. The Morgan fingerprint density at radius 1 is 1.00 bits per heavy atom. The Balaban J connectivity index is 1.32. The highest BCUT2D eigenvalue weighted by Gasteiger charge is 2.38. The lowest BCUT2D eigenvalue weighted by Gasteiger charge is -2.26. The van der Waals surface area contributed by atoms with Gasteiger partial charge in [-0.2, -0.15) is 0 Å². The minimum absolute atomic E-state index is 0.0301. The van der Waals surface area contributed by atoms with Gasteiger partial charge >= 0.3 is 0 Å². The van der Waals surface area contributed by atoms with Crippen LogP contribution in [0.1, 0.15) is 48.9 Å². The molecule has 2 nitrogen and oxygen atoms in total. The van der Waals surface area contributed by atoms with Gasteiger partial charge in [-0.05, 0) is 68.0 Å². The Hall–Kier alpha value is -4.22. The van der Waals surface area contributed by atoms with E-state index in [1.165, 1.54) is 50.1 Å². The normalized spacial score (nSPS) is 22.1. The molecule has 7 rings (SSSR count). The molecule has 2 heterocycles. The molecule has 37 heavy (non-hydrogen) atoms. The highest BCUT2D eigenvalue weighted by molar-refractivity contribution is 5.94. The summed E-state index contributed by atoms with van der Waals surface area (Å²) in [5.41, 5.74) is 11.2. The molecule has 2 unspecified atom stereocenters. The molecule has 0 spiro atoms. The third-order valence-corrected chi connectivity index (χ3v) is 8.16. The van der Waals surface area contributed by atoms with Crippen molar-refractivity contribution in [2.45, 2.75) is 44.6 Å². The maximum Gasteiger partial charge on any atom is 0.134 e. The van der Waals surface area contributed by atoms with Gasteiger partial charge in [-0.1, -0.05) is 72.7 Å². The number of hydrogen-bond acceptors (Lipinski definition) is 1. The third kappa shape index (κ3) is 3.42. The standard InChI is InChI=1S/C35H29NO/c1-3-24-12-7-8-15-27(24)34-23(2)37-35-28(17-11-18-30(34)35)25-20-21-33-31(22-25)29-16-9-10-19-32(29)36(33)26-13-5-4-6-14-26/h1,4-7,9,11-14,16-18,20-22,28,35H,8,10,15,19H2,2H3. The molecule has 0 radical (unpaired) electrons. The number of rotatable bonds is 3. The third-order valence-electron chi connectivity index (χ3n) is 8.16. The average molecular weight is 480 g/mol. The number of ether oxygens (including phenoxy) is 1. The Bertz CT molecular complexity index is 1660. The van der Waals surface area contributed by atoms with E-state index in [0.717, 1.165) is 37.0 Å². The van der Waals surface area contributed by atoms with E-state index >= 15 is 0 Å². The van der Waals surface area contributed by atoms with Gasteiger partial charge in [0.25, 0.3) is 0 Å². The second-order valence-electron chi connectivity index (χ2n) is 10.2. The van der Waals surface area contributed by atoms with Crippen LogP contribution in [0.2, 0.25) is 0 Å². The van der Waals surface area contributed by atoms with Crippen LogP contribution in [0.3, 0.4) is 0 Å². The van der Waals surface area contributed by atoms with Gasteiger partial charge in [0.2, 0.25) is 0 Å². The minimum Gasteiger partial charge on any atom is -0.489 e. The van der Waals surface area contributed by atoms with Crippen molar-refractivity contribution in [3.05, 3.63) is 130 Å². The molecule has 1 aliphatic heterocycles. The zero-order chi connectivity index (χ0) is 24.9. The number of fused-ring (bicyclic) bond motifs is 4. The summed E-state index contributed by atoms with van der Waals surface area (Å²) in [7, 11) is 0. The smallest absolute Gasteiger partial charge is 0.134 e. The van der Waals surface area contributed by atoms with Crippen molar-refractivity contribution in [2.24, 2.45) is 0 Å². The molecule has 0 fully saturated rings. The van der Waals surface area contributed by atoms with Crippen LogP contribution in [0, 0.1) is 12.3 Å². The van der Waals surface area contributed by atoms with E-state index in [2.05, 4.69) is 108 Å². The average Bonchev–Trinajstić information content (AvgIpc) is 3.47. The first kappa shape index (κ1) is 22.0. The lowest BCUT2D eigenvalue weighted by molar-refractivity contribution is 0.154. The molecule has 0 saturated carbocycles. The molecule has 4 aliphatic rings. The van der Waals surface area contributed by atoms with Crippen molar-refractivity contribution in [1.29, 1.82) is 0 Å². The van der Waals surface area contributed by atoms with Gasteiger partial charge in [-0.15, -0.1) is 6.42 Å². The SMILES string of the molecule is C#CC1=C(C2=C(C)OC3C2=CC=CC3c2ccc3c(c2)c2c(n3-c3ccccc3)CCC=C2)CCC=C1. The van der Waals surface area contributed by atoms with Crippen molar-refractivity contribution in [2.75, 3.05) is 0 Å². The highest BCUT2D eigenvalue weighted by atomic mass is 16.5. The van der Waals surface area contributed by atoms with E-state index in [1.807, 2.05) is 0 Å². The number of hydrogen-bond donors (Lipinski definition) is 0. The summed E-state index contributed by atoms with van der Waals surface area (Å²) in [4.78, 5) is 0. The number of para-hydroxylation sites is 1. The molecule has 3 aromatic rings. The summed E-state index contributed by atoms with van der Waals surface area (Å²) in [6, 6.07) is 17.7. The minimum atomic E-state index is -0.0301. The van der Waals surface area contributed by atoms with Crippen molar-refractivity contribution in [3.63, 3.8) is 0 Å². The highest BCUT2D eigenvalue weighted by Crippen LogP contribution is 2.47. The number of benzene rings is 2. The number of allylic oxidation sites excluding steroid dienone is 8. The van der Waals surface area contributed by atoms with E-state index < -0.39 is 0 Å². The van der Waals surface area contributed by atoms with Crippen LogP contribution in [-0.4, -0.2) is 10.7 Å². The molecular formula is C35H29NO. The number of terminal acetylenes is 1. The van der Waals surface area contributed by atoms with Gasteiger partial charge in [-0.3, -0.25) is 0 Å². The zero-order valence-corrected chi connectivity index (χ0v) is 21.1. The molecule has 2 aromatic carbocycles. The van der Waals surface area contributed by atoms with Crippen LogP contribution in [0.15, 0.2) is 113 Å². The fourth-order valence-electron chi connectivity index (χ4n) is 6.53. The van der Waals surface area contributed by atoms with Crippen molar-refractivity contribution < 1.29 is 4.74 Å². The van der Waals surface area contributed by atoms with Crippen LogP contribution in [0.5, 0.6) is 0 Å². The van der Waals surface area contributed by atoms with E-state index in [4.69, 9.17) is 11.2 Å². The fourth-order valence-corrected chi connectivity index (χ4v) is 6.53. The van der Waals surface area contributed by atoms with Crippen molar-refractivity contribution in [3.8, 4) is 18.0 Å². The summed E-state index contributed by atoms with van der Waals surface area (Å²) in [5, 5.41) is 1.31. The predicted molar refractivity (Wildman–Crippen MR) is 152 cm³/mol. The van der Waals surface area contributed by atoms with Gasteiger partial charge in [0.1, 0.15) is 11.9 Å². The Labute approximate surface area is 218 Å². The maximum absolute atomic E-state index is 6.60. The van der Waals surface area contributed by atoms with Crippen LogP contribution >= 0.6 is 0 Å². The second-order valence-corrected chi connectivity index (χ2v) is 10.2. The molecule has 0 saturated heterocycles. The maximum atomic E-state index is 6.60. The topological polar surface area (TPSA) is 14.2 Å². The predicted octanol–water partition coefficient (Wildman–Crippen LogP) is 8.12. The summed E-state index contributed by atoms with van der Waals surface area (Å²) < 4.78 is 9.05. The van der Waals surface area contributed by atoms with Crippen molar-refractivity contribution >= 4 is 17.0 Å². The van der Waals surface area contributed by atoms with E-state index in [1.54, 1.807) is 0 Å². The molecule has 1 aromatic heterocycles. The first-order chi connectivity index (χ1) is 18.2. The summed E-state index contributed by atoms with van der Waals surface area (Å²) >= 11 is 0. The first-order valence-corrected chi connectivity index (χ1v) is 13.3. The number of aromatic nitrogens is 1. The fraction of sp³-hybridized carbons (Fsp3) is 0.200. The van der Waals surface area contributed by atoms with Crippen molar-refractivity contribution in [1.82, 2.24) is 4.57 Å². The van der Waals surface area contributed by atoms with Gasteiger partial charge in [0.15, 0.2) is 0 Å². The molecular weight excluding hydrogens is 450 g/mol. The van der Waals surface area contributed by atoms with Gasteiger partial charge < -0.3 is 9.30 Å². The molecule has 0 amide bonds. The summed E-state index contributed by atoms with van der Waals surface area (Å²) in [5.74, 6) is 4.04. The van der Waals surface area contributed by atoms with Crippen LogP contribution in [0.4, 0.5) is 0 Å². The Kier molecular flexibility index (Phi) is 5.18. The molecule has 0 N–H and O–H groups in total. The Morgan fingerprint density at radius 2 is 1.84 bits per heavy atom. The zero-order valence-electron chi connectivity index (χ0n) is 21.1. The van der Waals surface area contributed by atoms with E-state index in [0.29, 0.717) is 0 Å². The lowest BCUT2D eigenvalue weighted by atomic mass is 9.79. The molecule has 2 heteroatoms. The van der Waals surface area contributed by atoms with Gasteiger partial charge in [0.05, 0.1) is 5.52 Å². The number of nitrogens with zero attached hydrogens (tertiary/aromatic N) is 1. The largest absolute Gasteiger partial charge is 0.489 e. The molecule has 180 valence electrons. The van der Waals surface area contributed by atoms with Crippen LogP contribution in [-0.2, 0) is 11.2 Å². The molecule has 0 bridgehead atoms. The van der Waals surface area contributed by atoms with Gasteiger partial charge in [0, 0.05) is 45.0 Å². The lowest BCUT2D eigenvalue weighted by Crippen LogP contribution is -2.21. The van der Waals surface area contributed by atoms with Gasteiger partial charge in [-0.25, -0.2) is 0 Å².